The molecule has 0 aliphatic heterocycles. The molecule has 2 rings (SSSR count). The highest BCUT2D eigenvalue weighted by molar-refractivity contribution is 9.10. The number of nitrogens with one attached hydrogen (secondary N) is 1. The van der Waals surface area contributed by atoms with Crippen molar-refractivity contribution in [2.45, 2.75) is 13.8 Å². The smallest absolute Gasteiger partial charge is 0.281 e. The van der Waals surface area contributed by atoms with Gasteiger partial charge in [-0.15, -0.1) is 0 Å². The molecule has 0 unspecified atom stereocenters. The number of hydrogen-bond acceptors (Lipinski definition) is 5. The molecule has 0 aliphatic rings. The molecule has 0 atom stereocenters. The number of aromatic nitrogens is 2. The second kappa shape index (κ2) is 4.77. The Kier molecular flexibility index (Phi) is 3.33. The van der Waals surface area contributed by atoms with Gasteiger partial charge in [-0.2, -0.15) is 0 Å². The molecule has 0 bridgehead atoms. The molecule has 18 heavy (non-hydrogen) atoms. The quantitative estimate of drug-likeness (QED) is 0.887. The van der Waals surface area contributed by atoms with Crippen LogP contribution in [0.3, 0.4) is 0 Å². The van der Waals surface area contributed by atoms with Crippen molar-refractivity contribution < 1.29 is 9.42 Å². The summed E-state index contributed by atoms with van der Waals surface area (Å²) in [6.07, 6.45) is 0. The average Bonchev–Trinajstić information content (AvgIpc) is 2.69. The molecule has 6 nitrogen and oxygen atoms in total. The third-order valence-electron chi connectivity index (χ3n) is 2.46. The number of nitrogens with zero attached hydrogens (tertiary/aromatic N) is 2. The molecular formula is C11H11BrN4O2. The normalized spacial score (nSPS) is 10.4. The minimum atomic E-state index is -0.442. The summed E-state index contributed by atoms with van der Waals surface area (Å²) in [5.74, 6) is -0.470. The molecule has 0 fully saturated rings. The number of hydrogen-bond donors (Lipinski definition) is 2. The van der Waals surface area contributed by atoms with E-state index in [0.717, 1.165) is 21.3 Å². The number of amides is 1. The molecule has 2 aromatic rings. The standard InChI is InChI=1S/C11H11BrN4O2/c1-5-3-7(12)4-6(2)8(5)14-11(17)9-10(13)16-18-15-9/h3-4H,1-2H3,(H2,13,16)(H,14,17). The van der Waals surface area contributed by atoms with Gasteiger partial charge in [0.25, 0.3) is 5.91 Å². The highest BCUT2D eigenvalue weighted by Gasteiger charge is 2.17. The maximum absolute atomic E-state index is 11.9. The maximum atomic E-state index is 11.9. The number of rotatable bonds is 2. The third kappa shape index (κ3) is 2.35. The number of carbonyl (C=O) groups is 1. The predicted molar refractivity (Wildman–Crippen MR) is 70.3 cm³/mol. The Bertz CT molecular complexity index is 586. The van der Waals surface area contributed by atoms with E-state index in [1.54, 1.807) is 0 Å². The molecule has 3 N–H and O–H groups in total. The fraction of sp³-hybridized carbons (Fsp3) is 0.182. The van der Waals surface area contributed by atoms with E-state index in [4.69, 9.17) is 5.73 Å². The average molecular weight is 311 g/mol. The van der Waals surface area contributed by atoms with E-state index >= 15 is 0 Å². The first-order valence-corrected chi connectivity index (χ1v) is 5.94. The lowest BCUT2D eigenvalue weighted by Gasteiger charge is -2.11. The molecular weight excluding hydrogens is 300 g/mol. The van der Waals surface area contributed by atoms with Crippen LogP contribution < -0.4 is 11.1 Å². The van der Waals surface area contributed by atoms with Crippen molar-refractivity contribution in [3.63, 3.8) is 0 Å². The molecule has 94 valence electrons. The lowest BCUT2D eigenvalue weighted by Crippen LogP contribution is -2.15. The summed E-state index contributed by atoms with van der Waals surface area (Å²) in [7, 11) is 0. The van der Waals surface area contributed by atoms with Gasteiger partial charge in [0.05, 0.1) is 0 Å². The first kappa shape index (κ1) is 12.6. The molecule has 0 saturated heterocycles. The minimum absolute atomic E-state index is 0.0169. The summed E-state index contributed by atoms with van der Waals surface area (Å²) in [5, 5.41) is 9.56. The van der Waals surface area contributed by atoms with Crippen LogP contribution in [0.15, 0.2) is 21.2 Å². The number of carbonyl (C=O) groups excluding carboxylic acids is 1. The summed E-state index contributed by atoms with van der Waals surface area (Å²) in [5.41, 5.74) is 8.04. The Morgan fingerprint density at radius 3 is 2.44 bits per heavy atom. The van der Waals surface area contributed by atoms with Crippen molar-refractivity contribution in [3.8, 4) is 0 Å². The SMILES string of the molecule is Cc1cc(Br)cc(C)c1NC(=O)c1nonc1N. The Morgan fingerprint density at radius 1 is 1.33 bits per heavy atom. The lowest BCUT2D eigenvalue weighted by molar-refractivity contribution is 0.101. The summed E-state index contributed by atoms with van der Waals surface area (Å²) in [4.78, 5) is 11.9. The van der Waals surface area contributed by atoms with Crippen molar-refractivity contribution in [2.75, 3.05) is 11.1 Å². The third-order valence-corrected chi connectivity index (χ3v) is 2.92. The van der Waals surface area contributed by atoms with Crippen LogP contribution in [0.25, 0.3) is 0 Å². The fourth-order valence-electron chi connectivity index (χ4n) is 1.63. The van der Waals surface area contributed by atoms with Gasteiger partial charge in [0.1, 0.15) is 0 Å². The minimum Gasteiger partial charge on any atom is -0.379 e. The zero-order valence-electron chi connectivity index (χ0n) is 9.82. The second-order valence-electron chi connectivity index (χ2n) is 3.87. The largest absolute Gasteiger partial charge is 0.379 e. The van der Waals surface area contributed by atoms with Crippen LogP contribution in [0.4, 0.5) is 11.5 Å². The zero-order chi connectivity index (χ0) is 13.3. The van der Waals surface area contributed by atoms with E-state index in [2.05, 4.69) is 36.2 Å². The van der Waals surface area contributed by atoms with Crippen molar-refractivity contribution >= 4 is 33.3 Å². The van der Waals surface area contributed by atoms with Gasteiger partial charge < -0.3 is 11.1 Å². The Morgan fingerprint density at radius 2 is 1.94 bits per heavy atom. The van der Waals surface area contributed by atoms with Gasteiger partial charge in [-0.1, -0.05) is 15.9 Å². The van der Waals surface area contributed by atoms with Crippen LogP contribution in [0, 0.1) is 13.8 Å². The van der Waals surface area contributed by atoms with Crippen molar-refractivity contribution in [3.05, 3.63) is 33.4 Å². The van der Waals surface area contributed by atoms with E-state index in [1.807, 2.05) is 26.0 Å². The van der Waals surface area contributed by atoms with Gasteiger partial charge in [0.2, 0.25) is 11.5 Å². The molecule has 0 spiro atoms. The fourth-order valence-corrected chi connectivity index (χ4v) is 2.32. The predicted octanol–water partition coefficient (Wildman–Crippen LogP) is 2.28. The zero-order valence-corrected chi connectivity index (χ0v) is 11.4. The van der Waals surface area contributed by atoms with E-state index in [1.165, 1.54) is 0 Å². The molecule has 1 aromatic carbocycles. The first-order valence-electron chi connectivity index (χ1n) is 5.15. The Hall–Kier alpha value is -1.89. The molecule has 0 aliphatic carbocycles. The lowest BCUT2D eigenvalue weighted by atomic mass is 10.1. The van der Waals surface area contributed by atoms with Crippen molar-refractivity contribution in [1.29, 1.82) is 0 Å². The molecule has 1 amide bonds. The van der Waals surface area contributed by atoms with Gasteiger partial charge in [0.15, 0.2) is 0 Å². The van der Waals surface area contributed by atoms with Gasteiger partial charge >= 0.3 is 0 Å². The number of aryl methyl sites for hydroxylation is 2. The number of halogens is 1. The topological polar surface area (TPSA) is 94.0 Å². The van der Waals surface area contributed by atoms with Gasteiger partial charge in [-0.05, 0) is 47.4 Å². The van der Waals surface area contributed by atoms with E-state index < -0.39 is 5.91 Å². The van der Waals surface area contributed by atoms with Crippen LogP contribution in [-0.4, -0.2) is 16.2 Å². The summed E-state index contributed by atoms with van der Waals surface area (Å²) in [6.45, 7) is 3.80. The summed E-state index contributed by atoms with van der Waals surface area (Å²) >= 11 is 3.39. The van der Waals surface area contributed by atoms with Crippen molar-refractivity contribution in [1.82, 2.24) is 10.3 Å². The second-order valence-corrected chi connectivity index (χ2v) is 4.78. The molecule has 1 heterocycles. The number of anilines is 2. The maximum Gasteiger partial charge on any atom is 0.281 e. The van der Waals surface area contributed by atoms with Crippen LogP contribution in [0.1, 0.15) is 21.6 Å². The molecule has 0 radical (unpaired) electrons. The molecule has 1 aromatic heterocycles. The van der Waals surface area contributed by atoms with Gasteiger partial charge in [-0.3, -0.25) is 4.79 Å². The van der Waals surface area contributed by atoms with E-state index in [-0.39, 0.29) is 11.5 Å². The summed E-state index contributed by atoms with van der Waals surface area (Å²) < 4.78 is 5.35. The number of nitrogens with two attached hydrogens (primary N) is 1. The first-order chi connectivity index (χ1) is 8.49. The highest BCUT2D eigenvalue weighted by Crippen LogP contribution is 2.25. The molecule has 0 saturated carbocycles. The van der Waals surface area contributed by atoms with Gasteiger partial charge in [0, 0.05) is 10.2 Å². The van der Waals surface area contributed by atoms with E-state index in [0.29, 0.717) is 0 Å². The number of nitrogen functional groups attached to an aromatic ring is 1. The Balaban J connectivity index is 2.31. The summed E-state index contributed by atoms with van der Waals surface area (Å²) in [6, 6.07) is 3.82. The number of benzene rings is 1. The van der Waals surface area contributed by atoms with Crippen LogP contribution in [-0.2, 0) is 0 Å². The monoisotopic (exact) mass is 310 g/mol. The highest BCUT2D eigenvalue weighted by atomic mass is 79.9. The van der Waals surface area contributed by atoms with E-state index in [9.17, 15) is 4.79 Å². The van der Waals surface area contributed by atoms with Crippen LogP contribution >= 0.6 is 15.9 Å². The van der Waals surface area contributed by atoms with Gasteiger partial charge in [-0.25, -0.2) is 4.63 Å². The van der Waals surface area contributed by atoms with Crippen molar-refractivity contribution in [2.24, 2.45) is 0 Å². The molecule has 7 heteroatoms. The Labute approximate surface area is 112 Å². The van der Waals surface area contributed by atoms with Crippen LogP contribution in [0.5, 0.6) is 0 Å². The van der Waals surface area contributed by atoms with Crippen LogP contribution in [0.2, 0.25) is 0 Å².